The Labute approximate surface area is 422 Å². The van der Waals surface area contributed by atoms with Crippen LogP contribution in [0.15, 0.2) is 91.0 Å². The highest BCUT2D eigenvalue weighted by Gasteiger charge is 2.47. The molecule has 420 valence electrons. The van der Waals surface area contributed by atoms with Crippen LogP contribution >= 0.6 is 30.6 Å². The SMILES string of the molecule is C=C(C)C(=O)OCCOP1(OCCOC(=O)C(=C)C)=NP(OCCOC(=O)C(=C)C)(OCC(F)(F)F)=NP(OCCOC(=O)C(=C)C)(OCCOC(=O)C(=C)C)=NP(OCCOC(=O)C(=C)C)(OCC(F)(F)F)=N1. The van der Waals surface area contributed by atoms with Gasteiger partial charge in [0.2, 0.25) is 0 Å². The monoisotopic (exact) mass is 1150 g/mol. The molecule has 0 fully saturated rings. The summed E-state index contributed by atoms with van der Waals surface area (Å²) < 4.78 is 180. The van der Waals surface area contributed by atoms with Gasteiger partial charge < -0.3 is 55.6 Å². The van der Waals surface area contributed by atoms with Gasteiger partial charge in [-0.2, -0.15) is 26.3 Å². The molecule has 0 saturated carbocycles. The Morgan fingerprint density at radius 2 is 0.459 bits per heavy atom. The van der Waals surface area contributed by atoms with Crippen LogP contribution in [-0.4, -0.2) is 141 Å². The van der Waals surface area contributed by atoms with Crippen molar-refractivity contribution >= 4 is 66.5 Å². The van der Waals surface area contributed by atoms with E-state index in [-0.39, 0.29) is 33.4 Å². The van der Waals surface area contributed by atoms with Crippen molar-refractivity contribution in [2.75, 3.05) is 92.5 Å². The summed E-state index contributed by atoms with van der Waals surface area (Å²) in [6.07, 6.45) is -10.6. The normalized spacial score (nSPS) is 17.9. The minimum absolute atomic E-state index is 0.135. The fourth-order valence-electron chi connectivity index (χ4n) is 4.00. The molecule has 0 aromatic rings. The topological polar surface area (TPSA) is 281 Å². The van der Waals surface area contributed by atoms with Crippen LogP contribution in [0.25, 0.3) is 0 Å². The predicted octanol–water partition coefficient (Wildman–Crippen LogP) is 9.76. The molecule has 0 N–H and O–H groups in total. The second-order valence-corrected chi connectivity index (χ2v) is 23.4. The second-order valence-electron chi connectivity index (χ2n) is 14.6. The Morgan fingerprint density at radius 1 is 0.311 bits per heavy atom. The number of halogens is 6. The van der Waals surface area contributed by atoms with E-state index < -0.39 is 171 Å². The van der Waals surface area contributed by atoms with Gasteiger partial charge in [0.25, 0.3) is 0 Å². The fraction of sp³-hybridized carbons (Fsp3) is 0.550. The number of hydrogen-bond acceptors (Lipinski definition) is 24. The minimum atomic E-state index is -5.54. The average Bonchev–Trinajstić information content (AvgIpc) is 3.29. The van der Waals surface area contributed by atoms with Crippen LogP contribution in [-0.2, 0) is 93.4 Å². The molecular formula is C40H58F6N4O20P4. The van der Waals surface area contributed by atoms with Crippen LogP contribution in [0.4, 0.5) is 26.3 Å². The first-order valence-corrected chi connectivity index (χ1v) is 27.1. The van der Waals surface area contributed by atoms with Gasteiger partial charge in [0.05, 0.1) is 39.6 Å². The molecule has 1 heterocycles. The molecule has 0 amide bonds. The van der Waals surface area contributed by atoms with Gasteiger partial charge in [0.15, 0.2) is 13.2 Å². The molecule has 1 aliphatic rings. The maximum atomic E-state index is 14.4. The van der Waals surface area contributed by atoms with Crippen LogP contribution in [0, 0.1) is 0 Å². The lowest BCUT2D eigenvalue weighted by Crippen LogP contribution is -2.19. The van der Waals surface area contributed by atoms with E-state index >= 15 is 0 Å². The molecule has 74 heavy (non-hydrogen) atoms. The number of ether oxygens (including phenoxy) is 6. The molecule has 1 rings (SSSR count). The summed E-state index contributed by atoms with van der Waals surface area (Å²) >= 11 is 0. The first-order valence-electron chi connectivity index (χ1n) is 21.0. The molecule has 0 aromatic carbocycles. The number of alkyl halides is 6. The average molecular weight is 1150 g/mol. The molecule has 0 radical (unpaired) electrons. The summed E-state index contributed by atoms with van der Waals surface area (Å²) in [4.78, 5) is 74.3. The van der Waals surface area contributed by atoms with Crippen LogP contribution in [0.1, 0.15) is 41.5 Å². The molecule has 0 saturated heterocycles. The Kier molecular flexibility index (Phi) is 28.7. The number of carbonyl (C=O) groups is 6. The first-order chi connectivity index (χ1) is 34.2. The summed E-state index contributed by atoms with van der Waals surface area (Å²) in [5.74, 6) is -6.10. The first kappa shape index (κ1) is 67.5. The molecular weight excluding hydrogens is 1090 g/mol. The zero-order valence-corrected chi connectivity index (χ0v) is 44.7. The van der Waals surface area contributed by atoms with Gasteiger partial charge in [-0.1, -0.05) is 39.5 Å². The van der Waals surface area contributed by atoms with E-state index in [1.807, 2.05) is 0 Å². The highest BCUT2D eigenvalue weighted by atomic mass is 31.3. The van der Waals surface area contributed by atoms with Gasteiger partial charge >= 0.3 is 78.8 Å². The second kappa shape index (κ2) is 31.5. The van der Waals surface area contributed by atoms with Crippen molar-refractivity contribution in [3.8, 4) is 0 Å². The number of esters is 6. The Balaban J connectivity index is 4.93. The summed E-state index contributed by atoms with van der Waals surface area (Å²) in [6, 6.07) is 0. The third-order valence-electron chi connectivity index (χ3n) is 7.24. The molecule has 24 nitrogen and oxygen atoms in total. The number of carbonyl (C=O) groups excluding carboxylic acids is 6. The molecule has 2 unspecified atom stereocenters. The fourth-order valence-corrected chi connectivity index (χ4v) is 16.5. The standard InChI is InChI=1S/C40H58F6N4O20P4/c1-27(2)33(51)57-13-19-63-71(64-20-14-58-34(52)28(3)4)47-73(69-25-39(41,42)43,67-23-17-61-37(55)31(9)10)49-72(65-21-15-59-35(53)29(5)6,66-22-16-60-36(54)30(7)8)50-74(48-71,70-26-40(44,45)46)68-24-18-62-38(56)32(11)12/h1,3,5,7,9,11,13-26H2,2,4,6,8,10,12H3. The van der Waals surface area contributed by atoms with Gasteiger partial charge in [-0.3, -0.25) is 9.05 Å². The van der Waals surface area contributed by atoms with Crippen molar-refractivity contribution in [2.45, 2.75) is 53.9 Å². The summed E-state index contributed by atoms with van der Waals surface area (Å²) in [5.41, 5.74) is -0.831. The summed E-state index contributed by atoms with van der Waals surface area (Å²) in [7, 11) is -21.8. The lowest BCUT2D eigenvalue weighted by atomic mass is 10.4. The molecule has 0 bridgehead atoms. The van der Waals surface area contributed by atoms with Crippen molar-refractivity contribution in [2.24, 2.45) is 18.1 Å². The predicted molar refractivity (Wildman–Crippen MR) is 252 cm³/mol. The van der Waals surface area contributed by atoms with Crippen molar-refractivity contribution < 1.29 is 120 Å². The highest BCUT2D eigenvalue weighted by Crippen LogP contribution is 2.81. The van der Waals surface area contributed by atoms with E-state index in [0.29, 0.717) is 0 Å². The Bertz CT molecular complexity index is 2140. The van der Waals surface area contributed by atoms with Crippen molar-refractivity contribution in [3.63, 3.8) is 0 Å². The molecule has 0 spiro atoms. The van der Waals surface area contributed by atoms with Gasteiger partial charge in [0, 0.05) is 33.4 Å². The summed E-state index contributed by atoms with van der Waals surface area (Å²) in [6.45, 7) is 12.8. The van der Waals surface area contributed by atoms with E-state index in [0.717, 1.165) is 0 Å². The van der Waals surface area contributed by atoms with Gasteiger partial charge in [-0.25, -0.2) is 28.8 Å². The van der Waals surface area contributed by atoms with E-state index in [1.54, 1.807) is 0 Å². The lowest BCUT2D eigenvalue weighted by molar-refractivity contribution is -0.154. The smallest absolute Gasteiger partial charge is 0.412 e. The highest BCUT2D eigenvalue weighted by molar-refractivity contribution is 7.78. The zero-order valence-electron chi connectivity index (χ0n) is 41.2. The van der Waals surface area contributed by atoms with E-state index in [9.17, 15) is 55.1 Å². The maximum Gasteiger partial charge on any atom is 0.412 e. The van der Waals surface area contributed by atoms with Crippen molar-refractivity contribution in [3.05, 3.63) is 72.9 Å². The lowest BCUT2D eigenvalue weighted by Gasteiger charge is -2.33. The molecule has 1 aliphatic heterocycles. The number of hydrogen-bond donors (Lipinski definition) is 0. The molecule has 34 heteroatoms. The van der Waals surface area contributed by atoms with Gasteiger partial charge in [0.1, 0.15) is 39.6 Å². The minimum Gasteiger partial charge on any atom is -0.460 e. The molecule has 0 aromatic heterocycles. The maximum absolute atomic E-state index is 14.4. The Hall–Kier alpha value is -4.56. The Morgan fingerprint density at radius 3 is 0.595 bits per heavy atom. The van der Waals surface area contributed by atoms with E-state index in [1.165, 1.54) is 41.5 Å². The van der Waals surface area contributed by atoms with Crippen LogP contribution in [0.2, 0.25) is 0 Å². The third-order valence-corrected chi connectivity index (χ3v) is 18.5. The quantitative estimate of drug-likeness (QED) is 0.0145. The van der Waals surface area contributed by atoms with Crippen LogP contribution in [0.3, 0.4) is 0 Å². The van der Waals surface area contributed by atoms with Crippen LogP contribution in [0.5, 0.6) is 0 Å². The van der Waals surface area contributed by atoms with E-state index in [2.05, 4.69) is 57.5 Å². The van der Waals surface area contributed by atoms with Crippen molar-refractivity contribution in [1.29, 1.82) is 0 Å². The third kappa shape index (κ3) is 26.8. The number of rotatable bonds is 34. The van der Waals surface area contributed by atoms with Crippen LogP contribution < -0.4 is 0 Å². The summed E-state index contributed by atoms with van der Waals surface area (Å²) in [5, 5.41) is 0. The largest absolute Gasteiger partial charge is 0.460 e. The zero-order chi connectivity index (χ0) is 56.6. The van der Waals surface area contributed by atoms with Gasteiger partial charge in [-0.05, 0) is 41.5 Å². The molecule has 2 atom stereocenters. The number of nitrogens with zero attached hydrogens (tertiary/aromatic N) is 4. The van der Waals surface area contributed by atoms with Gasteiger partial charge in [-0.15, -0.1) is 18.1 Å². The van der Waals surface area contributed by atoms with E-state index in [4.69, 9.17) is 64.6 Å². The van der Waals surface area contributed by atoms with Crippen molar-refractivity contribution in [1.82, 2.24) is 0 Å². The molecule has 0 aliphatic carbocycles.